The second-order valence-electron chi connectivity index (χ2n) is 3.92. The molecule has 0 aromatic carbocycles. The molecule has 0 aliphatic rings. The fourth-order valence-electron chi connectivity index (χ4n) is 1.54. The monoisotopic (exact) mass is 280 g/mol. The average molecular weight is 280 g/mol. The third kappa shape index (κ3) is 3.29. The Hall–Kier alpha value is -2.48. The number of H-pyrrole nitrogens is 1. The van der Waals surface area contributed by atoms with Gasteiger partial charge in [-0.05, 0) is 6.07 Å². The van der Waals surface area contributed by atoms with Crippen LogP contribution in [0.2, 0.25) is 0 Å². The van der Waals surface area contributed by atoms with E-state index in [2.05, 4.69) is 20.3 Å². The topological polar surface area (TPSA) is 100 Å². The SMILES string of the molecule is COc1nc(NCC(O)c2cccc(=O)[nH]2)ncc1F. The first-order valence-corrected chi connectivity index (χ1v) is 5.78. The molecule has 0 saturated carbocycles. The summed E-state index contributed by atoms with van der Waals surface area (Å²) in [6.07, 6.45) is 0.00818. The summed E-state index contributed by atoms with van der Waals surface area (Å²) in [5.74, 6) is -0.753. The molecule has 1 atom stereocenters. The van der Waals surface area contributed by atoms with Crippen molar-refractivity contribution in [1.29, 1.82) is 0 Å². The van der Waals surface area contributed by atoms with Crippen molar-refractivity contribution in [2.75, 3.05) is 19.0 Å². The lowest BCUT2D eigenvalue weighted by molar-refractivity contribution is 0.186. The number of halogens is 1. The number of nitrogens with zero attached hydrogens (tertiary/aromatic N) is 2. The molecule has 0 saturated heterocycles. The predicted molar refractivity (Wildman–Crippen MR) is 69.1 cm³/mol. The highest BCUT2D eigenvalue weighted by atomic mass is 19.1. The van der Waals surface area contributed by atoms with E-state index in [1.54, 1.807) is 6.07 Å². The van der Waals surface area contributed by atoms with Gasteiger partial charge in [-0.1, -0.05) is 6.07 Å². The minimum Gasteiger partial charge on any atom is -0.479 e. The van der Waals surface area contributed by atoms with Crippen LogP contribution in [0, 0.1) is 5.82 Å². The Morgan fingerprint density at radius 2 is 2.35 bits per heavy atom. The lowest BCUT2D eigenvalue weighted by atomic mass is 10.2. The van der Waals surface area contributed by atoms with E-state index in [-0.39, 0.29) is 23.9 Å². The standard InChI is InChI=1S/C12H13FN4O3/c1-20-11-7(13)5-14-12(17-11)15-6-9(18)8-3-2-4-10(19)16-8/h2-5,9,18H,6H2,1H3,(H,16,19)(H,14,15,17). The summed E-state index contributed by atoms with van der Waals surface area (Å²) in [6, 6.07) is 4.46. The Morgan fingerprint density at radius 1 is 1.55 bits per heavy atom. The molecule has 20 heavy (non-hydrogen) atoms. The van der Waals surface area contributed by atoms with E-state index in [4.69, 9.17) is 4.74 Å². The molecule has 0 fully saturated rings. The van der Waals surface area contributed by atoms with Gasteiger partial charge in [0.25, 0.3) is 5.88 Å². The van der Waals surface area contributed by atoms with Gasteiger partial charge in [0.2, 0.25) is 17.3 Å². The molecule has 2 rings (SSSR count). The van der Waals surface area contributed by atoms with E-state index in [1.807, 2.05) is 0 Å². The van der Waals surface area contributed by atoms with Crippen LogP contribution in [-0.4, -0.2) is 33.7 Å². The zero-order chi connectivity index (χ0) is 14.5. The Balaban J connectivity index is 2.03. The van der Waals surface area contributed by atoms with Gasteiger partial charge >= 0.3 is 0 Å². The van der Waals surface area contributed by atoms with Crippen molar-refractivity contribution in [1.82, 2.24) is 15.0 Å². The van der Waals surface area contributed by atoms with Crippen molar-refractivity contribution in [3.63, 3.8) is 0 Å². The van der Waals surface area contributed by atoms with Crippen molar-refractivity contribution < 1.29 is 14.2 Å². The van der Waals surface area contributed by atoms with Crippen molar-refractivity contribution in [2.45, 2.75) is 6.10 Å². The van der Waals surface area contributed by atoms with Gasteiger partial charge in [-0.15, -0.1) is 0 Å². The first kappa shape index (κ1) is 13.9. The second-order valence-corrected chi connectivity index (χ2v) is 3.92. The van der Waals surface area contributed by atoms with Crippen LogP contribution < -0.4 is 15.6 Å². The molecule has 3 N–H and O–H groups in total. The average Bonchev–Trinajstić information content (AvgIpc) is 2.46. The highest BCUT2D eigenvalue weighted by molar-refractivity contribution is 5.29. The molecule has 2 aromatic rings. The van der Waals surface area contributed by atoms with E-state index in [1.165, 1.54) is 19.2 Å². The molecule has 8 heteroatoms. The fourth-order valence-corrected chi connectivity index (χ4v) is 1.54. The minimum atomic E-state index is -0.955. The van der Waals surface area contributed by atoms with E-state index in [0.717, 1.165) is 6.20 Å². The Kier molecular flexibility index (Phi) is 4.26. The van der Waals surface area contributed by atoms with Crippen LogP contribution in [0.3, 0.4) is 0 Å². The molecule has 0 aliphatic carbocycles. The number of pyridine rings is 1. The first-order chi connectivity index (χ1) is 9.60. The summed E-state index contributed by atoms with van der Waals surface area (Å²) in [5, 5.41) is 12.6. The van der Waals surface area contributed by atoms with Gasteiger partial charge in [-0.2, -0.15) is 9.37 Å². The molecule has 1 unspecified atom stereocenters. The van der Waals surface area contributed by atoms with Crippen molar-refractivity contribution in [2.24, 2.45) is 0 Å². The van der Waals surface area contributed by atoms with Crippen LogP contribution in [0.5, 0.6) is 5.88 Å². The van der Waals surface area contributed by atoms with Crippen LogP contribution >= 0.6 is 0 Å². The van der Waals surface area contributed by atoms with Crippen molar-refractivity contribution in [3.05, 3.63) is 46.3 Å². The van der Waals surface area contributed by atoms with Gasteiger partial charge in [-0.3, -0.25) is 4.79 Å². The van der Waals surface area contributed by atoms with Gasteiger partial charge in [0.15, 0.2) is 0 Å². The van der Waals surface area contributed by atoms with Crippen LogP contribution in [0.15, 0.2) is 29.2 Å². The van der Waals surface area contributed by atoms with Gasteiger partial charge in [0.1, 0.15) is 6.10 Å². The number of methoxy groups -OCH3 is 1. The Bertz CT molecular complexity index is 647. The highest BCUT2D eigenvalue weighted by Gasteiger charge is 2.11. The maximum absolute atomic E-state index is 13.1. The number of aromatic nitrogens is 3. The number of rotatable bonds is 5. The quantitative estimate of drug-likeness (QED) is 0.735. The zero-order valence-electron chi connectivity index (χ0n) is 10.6. The minimum absolute atomic E-state index is 0.0503. The Labute approximate surface area is 113 Å². The molecular formula is C12H13FN4O3. The van der Waals surface area contributed by atoms with E-state index in [0.29, 0.717) is 5.69 Å². The molecule has 0 radical (unpaired) electrons. The van der Waals surface area contributed by atoms with Crippen molar-refractivity contribution >= 4 is 5.95 Å². The number of nitrogens with one attached hydrogen (secondary N) is 2. The molecular weight excluding hydrogens is 267 g/mol. The molecule has 2 aromatic heterocycles. The van der Waals surface area contributed by atoms with Crippen LogP contribution in [0.25, 0.3) is 0 Å². The lowest BCUT2D eigenvalue weighted by Crippen LogP contribution is -2.18. The maximum Gasteiger partial charge on any atom is 0.255 e. The summed E-state index contributed by atoms with van der Waals surface area (Å²) in [7, 11) is 1.29. The summed E-state index contributed by atoms with van der Waals surface area (Å²) >= 11 is 0. The summed E-state index contributed by atoms with van der Waals surface area (Å²) < 4.78 is 17.8. The number of hydrogen-bond donors (Lipinski definition) is 3. The summed E-state index contributed by atoms with van der Waals surface area (Å²) in [4.78, 5) is 21.1. The number of aliphatic hydroxyl groups is 1. The number of ether oxygens (including phenoxy) is 1. The zero-order valence-corrected chi connectivity index (χ0v) is 10.6. The molecule has 2 heterocycles. The van der Waals surface area contributed by atoms with E-state index >= 15 is 0 Å². The Morgan fingerprint density at radius 3 is 3.05 bits per heavy atom. The van der Waals surface area contributed by atoms with E-state index in [9.17, 15) is 14.3 Å². The summed E-state index contributed by atoms with van der Waals surface area (Å²) in [6.45, 7) is 0.0503. The van der Waals surface area contributed by atoms with E-state index < -0.39 is 11.9 Å². The molecule has 106 valence electrons. The predicted octanol–water partition coefficient (Wildman–Crippen LogP) is 0.458. The van der Waals surface area contributed by atoms with Crippen LogP contribution in [0.1, 0.15) is 11.8 Å². The largest absolute Gasteiger partial charge is 0.479 e. The molecule has 0 bridgehead atoms. The number of aromatic amines is 1. The van der Waals surface area contributed by atoms with Crippen LogP contribution in [0.4, 0.5) is 10.3 Å². The van der Waals surface area contributed by atoms with Gasteiger partial charge in [-0.25, -0.2) is 4.98 Å². The number of aliphatic hydroxyl groups excluding tert-OH is 1. The molecule has 0 aliphatic heterocycles. The number of hydrogen-bond acceptors (Lipinski definition) is 6. The van der Waals surface area contributed by atoms with Gasteiger partial charge < -0.3 is 20.1 Å². The van der Waals surface area contributed by atoms with Gasteiger partial charge in [0.05, 0.1) is 13.3 Å². The molecule has 0 amide bonds. The lowest BCUT2D eigenvalue weighted by Gasteiger charge is -2.12. The third-order valence-corrected chi connectivity index (χ3v) is 2.51. The highest BCUT2D eigenvalue weighted by Crippen LogP contribution is 2.14. The second kappa shape index (κ2) is 6.11. The number of anilines is 1. The van der Waals surface area contributed by atoms with Crippen molar-refractivity contribution in [3.8, 4) is 5.88 Å². The smallest absolute Gasteiger partial charge is 0.255 e. The summed E-state index contributed by atoms with van der Waals surface area (Å²) in [5.41, 5.74) is 0.0559. The third-order valence-electron chi connectivity index (χ3n) is 2.51. The maximum atomic E-state index is 13.1. The van der Waals surface area contributed by atoms with Gasteiger partial charge in [0, 0.05) is 18.3 Å². The molecule has 0 spiro atoms. The molecule has 7 nitrogen and oxygen atoms in total. The first-order valence-electron chi connectivity index (χ1n) is 5.78. The fraction of sp³-hybridized carbons (Fsp3) is 0.250. The normalized spacial score (nSPS) is 11.9. The van der Waals surface area contributed by atoms with Crippen LogP contribution in [-0.2, 0) is 0 Å².